The number of benzene rings is 1. The van der Waals surface area contributed by atoms with Crippen LogP contribution >= 0.6 is 11.6 Å². The fourth-order valence-electron chi connectivity index (χ4n) is 4.14. The van der Waals surface area contributed by atoms with Gasteiger partial charge in [0.2, 0.25) is 0 Å². The Labute approximate surface area is 190 Å². The monoisotopic (exact) mass is 453 g/mol. The van der Waals surface area contributed by atoms with Gasteiger partial charge in [-0.05, 0) is 43.0 Å². The lowest BCUT2D eigenvalue weighted by Gasteiger charge is -2.35. The van der Waals surface area contributed by atoms with E-state index in [1.807, 2.05) is 12.1 Å². The summed E-state index contributed by atoms with van der Waals surface area (Å²) in [5.41, 5.74) is 8.15. The average Bonchev–Trinajstić information content (AvgIpc) is 3.15. The molecule has 2 unspecified atom stereocenters. The van der Waals surface area contributed by atoms with Crippen molar-refractivity contribution in [2.45, 2.75) is 31.2 Å². The van der Waals surface area contributed by atoms with E-state index in [4.69, 9.17) is 26.8 Å². The van der Waals surface area contributed by atoms with Gasteiger partial charge in [0.1, 0.15) is 11.8 Å². The van der Waals surface area contributed by atoms with Crippen LogP contribution in [-0.4, -0.2) is 47.0 Å². The molecular weight excluding hydrogens is 430 g/mol. The lowest BCUT2D eigenvalue weighted by atomic mass is 9.92. The normalized spacial score (nSPS) is 18.8. The summed E-state index contributed by atoms with van der Waals surface area (Å²) < 4.78 is 10.8. The second-order valence-electron chi connectivity index (χ2n) is 7.62. The summed E-state index contributed by atoms with van der Waals surface area (Å²) >= 11 is 6.37. The van der Waals surface area contributed by atoms with Crippen molar-refractivity contribution in [1.82, 2.24) is 9.88 Å². The van der Waals surface area contributed by atoms with Crippen molar-refractivity contribution in [3.63, 3.8) is 0 Å². The molecule has 8 heteroatoms. The molecule has 1 aliphatic carbocycles. The van der Waals surface area contributed by atoms with Crippen LogP contribution in [0.15, 0.2) is 24.3 Å². The van der Waals surface area contributed by atoms with Gasteiger partial charge in [0.25, 0.3) is 5.91 Å². The molecule has 0 fully saturated rings. The van der Waals surface area contributed by atoms with Crippen LogP contribution in [0.1, 0.15) is 36.2 Å². The fourth-order valence-corrected chi connectivity index (χ4v) is 4.36. The van der Waals surface area contributed by atoms with Crippen molar-refractivity contribution in [1.29, 1.82) is 0 Å². The van der Waals surface area contributed by atoms with E-state index in [9.17, 15) is 9.59 Å². The number of aromatic nitrogens is 1. The van der Waals surface area contributed by atoms with Crippen molar-refractivity contribution < 1.29 is 19.1 Å². The van der Waals surface area contributed by atoms with Gasteiger partial charge in [-0.2, -0.15) is 0 Å². The van der Waals surface area contributed by atoms with E-state index in [2.05, 4.69) is 29.0 Å². The second-order valence-corrected chi connectivity index (χ2v) is 8.18. The highest BCUT2D eigenvalue weighted by atomic mass is 35.5. The minimum absolute atomic E-state index is 0.0434. The number of alkyl halides is 1. The first-order valence-corrected chi connectivity index (χ1v) is 10.8. The van der Waals surface area contributed by atoms with Gasteiger partial charge in [0.15, 0.2) is 13.2 Å². The Morgan fingerprint density at radius 2 is 2.09 bits per heavy atom. The highest BCUT2D eigenvalue weighted by Crippen LogP contribution is 2.34. The third-order valence-corrected chi connectivity index (χ3v) is 5.85. The van der Waals surface area contributed by atoms with Crippen molar-refractivity contribution in [3.8, 4) is 17.6 Å². The molecule has 4 rings (SSSR count). The molecule has 1 aromatic heterocycles. The van der Waals surface area contributed by atoms with Crippen LogP contribution in [0, 0.1) is 11.8 Å². The van der Waals surface area contributed by atoms with E-state index in [-0.39, 0.29) is 24.6 Å². The van der Waals surface area contributed by atoms with Crippen molar-refractivity contribution >= 4 is 35.8 Å². The van der Waals surface area contributed by atoms with Crippen LogP contribution < -0.4 is 21.0 Å². The minimum atomic E-state index is -0.544. The molecule has 3 N–H and O–H groups in total. The Kier molecular flexibility index (Phi) is 6.42. The molecule has 0 spiro atoms. The first-order chi connectivity index (χ1) is 15.5. The van der Waals surface area contributed by atoms with Crippen molar-refractivity contribution in [2.75, 3.05) is 19.8 Å². The fraction of sp³-hybridized carbons (Fsp3) is 0.333. The molecule has 0 saturated heterocycles. The topological polar surface area (TPSA) is 97.7 Å². The SMILES string of the molecule is CC#CCOC(=O)N1CCc2c([nH]c3c2=CC(Cl)CC=3)C1c1ccc(OCC(N)=O)cc1. The molecule has 2 aliphatic rings. The Morgan fingerprint density at radius 1 is 1.31 bits per heavy atom. The van der Waals surface area contributed by atoms with E-state index in [0.29, 0.717) is 18.7 Å². The number of halogens is 1. The minimum Gasteiger partial charge on any atom is -0.484 e. The quantitative estimate of drug-likeness (QED) is 0.530. The van der Waals surface area contributed by atoms with Gasteiger partial charge in [-0.15, -0.1) is 17.5 Å². The Hall–Kier alpha value is -3.37. The van der Waals surface area contributed by atoms with E-state index in [1.165, 1.54) is 0 Å². The molecule has 166 valence electrons. The highest BCUT2D eigenvalue weighted by molar-refractivity contribution is 6.24. The summed E-state index contributed by atoms with van der Waals surface area (Å²) in [6.07, 6.45) is 5.21. The number of primary amides is 1. The number of ether oxygens (including phenoxy) is 2. The largest absolute Gasteiger partial charge is 0.484 e. The molecule has 2 atom stereocenters. The number of carbonyl (C=O) groups excluding carboxylic acids is 2. The first-order valence-electron chi connectivity index (χ1n) is 10.4. The van der Waals surface area contributed by atoms with E-state index < -0.39 is 12.0 Å². The number of aromatic amines is 1. The van der Waals surface area contributed by atoms with Crippen LogP contribution in [0.4, 0.5) is 4.79 Å². The van der Waals surface area contributed by atoms with Crippen LogP contribution in [0.3, 0.4) is 0 Å². The second kappa shape index (κ2) is 9.41. The molecular formula is C24H24ClN3O4. The molecule has 1 aliphatic heterocycles. The third kappa shape index (κ3) is 4.46. The molecule has 32 heavy (non-hydrogen) atoms. The number of rotatable bonds is 5. The van der Waals surface area contributed by atoms with Gasteiger partial charge >= 0.3 is 6.09 Å². The molecule has 2 heterocycles. The Morgan fingerprint density at radius 3 is 2.81 bits per heavy atom. The van der Waals surface area contributed by atoms with Gasteiger partial charge in [-0.1, -0.05) is 30.2 Å². The van der Waals surface area contributed by atoms with Gasteiger partial charge in [0.05, 0.1) is 5.38 Å². The Balaban J connectivity index is 1.72. The van der Waals surface area contributed by atoms with E-state index in [0.717, 1.165) is 33.8 Å². The number of nitrogens with two attached hydrogens (primary N) is 1. The predicted octanol–water partition coefficient (Wildman–Crippen LogP) is 1.56. The zero-order valence-corrected chi connectivity index (χ0v) is 18.4. The zero-order chi connectivity index (χ0) is 22.7. The average molecular weight is 454 g/mol. The van der Waals surface area contributed by atoms with Gasteiger partial charge in [-0.3, -0.25) is 9.69 Å². The number of fused-ring (bicyclic) bond motifs is 3. The molecule has 0 saturated carbocycles. The lowest BCUT2D eigenvalue weighted by molar-refractivity contribution is -0.119. The lowest BCUT2D eigenvalue weighted by Crippen LogP contribution is -2.42. The van der Waals surface area contributed by atoms with Crippen molar-refractivity contribution in [3.05, 3.63) is 51.7 Å². The molecule has 7 nitrogen and oxygen atoms in total. The summed E-state index contributed by atoms with van der Waals surface area (Å²) in [7, 11) is 0. The van der Waals surface area contributed by atoms with E-state index in [1.54, 1.807) is 24.0 Å². The standard InChI is InChI=1S/C24H24ClN3O4/c1-2-3-12-31-24(30)28-11-10-18-19-13-16(25)6-9-20(19)27-22(18)23(28)15-4-7-17(8-5-15)32-14-21(26)29/h4-5,7-9,13,16,23,27H,6,10-12,14H2,1H3,(H2,26,29). The van der Waals surface area contributed by atoms with Crippen molar-refractivity contribution in [2.24, 2.45) is 5.73 Å². The first kappa shape index (κ1) is 21.8. The van der Waals surface area contributed by atoms with Crippen LogP contribution in [-0.2, 0) is 16.0 Å². The number of nitrogens with zero attached hydrogens (tertiary/aromatic N) is 1. The van der Waals surface area contributed by atoms with Crippen LogP contribution in [0.25, 0.3) is 12.2 Å². The maximum atomic E-state index is 12.9. The van der Waals surface area contributed by atoms with Gasteiger partial charge in [0, 0.05) is 22.8 Å². The summed E-state index contributed by atoms with van der Waals surface area (Å²) in [6.45, 7) is 2.05. The summed E-state index contributed by atoms with van der Waals surface area (Å²) in [5.74, 6) is 5.47. The molecule has 0 radical (unpaired) electrons. The van der Waals surface area contributed by atoms with Gasteiger partial charge in [-0.25, -0.2) is 4.79 Å². The summed E-state index contributed by atoms with van der Waals surface area (Å²) in [4.78, 5) is 29.1. The van der Waals surface area contributed by atoms with Gasteiger partial charge < -0.3 is 20.2 Å². The third-order valence-electron chi connectivity index (χ3n) is 5.55. The number of H-pyrrole nitrogens is 1. The zero-order valence-electron chi connectivity index (χ0n) is 17.7. The highest BCUT2D eigenvalue weighted by Gasteiger charge is 2.35. The maximum absolute atomic E-state index is 12.9. The summed E-state index contributed by atoms with van der Waals surface area (Å²) in [5, 5.41) is 2.10. The van der Waals surface area contributed by atoms with E-state index >= 15 is 0 Å². The molecule has 1 aromatic carbocycles. The predicted molar refractivity (Wildman–Crippen MR) is 121 cm³/mol. The molecule has 2 amide bonds. The molecule has 2 aromatic rings. The molecule has 0 bridgehead atoms. The smallest absolute Gasteiger partial charge is 0.411 e. The summed E-state index contributed by atoms with van der Waals surface area (Å²) in [6, 6.07) is 6.90. The number of hydrogen-bond donors (Lipinski definition) is 2. The number of hydrogen-bond acceptors (Lipinski definition) is 4. The van der Waals surface area contributed by atoms with Crippen LogP contribution in [0.2, 0.25) is 0 Å². The number of carbonyl (C=O) groups is 2. The van der Waals surface area contributed by atoms with Crippen LogP contribution in [0.5, 0.6) is 5.75 Å². The number of amides is 2. The maximum Gasteiger partial charge on any atom is 0.411 e. The number of nitrogens with one attached hydrogen (secondary N) is 1. The Bertz CT molecular complexity index is 1210.